The van der Waals surface area contributed by atoms with Crippen molar-refractivity contribution in [1.82, 2.24) is 0 Å². The average molecular weight is 350 g/mol. The fourth-order valence-corrected chi connectivity index (χ4v) is 2.92. The van der Waals surface area contributed by atoms with E-state index in [0.717, 1.165) is 4.90 Å². The largest absolute Gasteiger partial charge is 0.426 e. The van der Waals surface area contributed by atoms with Crippen LogP contribution in [0.15, 0.2) is 53.4 Å². The van der Waals surface area contributed by atoms with Crippen molar-refractivity contribution in [3.05, 3.63) is 53.6 Å². The molecule has 0 saturated heterocycles. The summed E-state index contributed by atoms with van der Waals surface area (Å²) in [6.45, 7) is 3.20. The highest BCUT2D eigenvalue weighted by molar-refractivity contribution is 8.00. The number of hydrogen-bond acceptors (Lipinski definition) is 4. The molecule has 4 nitrogen and oxygen atoms in total. The Hall–Kier alpha value is -1.98. The van der Waals surface area contributed by atoms with Gasteiger partial charge in [0, 0.05) is 17.5 Å². The SMILES string of the molecule is CC(=O)Nc1ccc(OC(=O)C(C)Sc2ccccc2Cl)cc1. The lowest BCUT2D eigenvalue weighted by Crippen LogP contribution is -2.19. The van der Waals surface area contributed by atoms with Crippen molar-refractivity contribution in [2.24, 2.45) is 0 Å². The van der Waals surface area contributed by atoms with E-state index in [2.05, 4.69) is 5.32 Å². The molecule has 1 N–H and O–H groups in total. The van der Waals surface area contributed by atoms with Crippen LogP contribution >= 0.6 is 23.4 Å². The molecule has 2 aromatic carbocycles. The van der Waals surface area contributed by atoms with Crippen molar-refractivity contribution in [2.45, 2.75) is 24.0 Å². The minimum atomic E-state index is -0.398. The lowest BCUT2D eigenvalue weighted by atomic mass is 10.3. The van der Waals surface area contributed by atoms with E-state index in [1.807, 2.05) is 18.2 Å². The van der Waals surface area contributed by atoms with Gasteiger partial charge in [0.05, 0.1) is 5.02 Å². The third-order valence-electron chi connectivity index (χ3n) is 2.87. The van der Waals surface area contributed by atoms with Gasteiger partial charge in [0.2, 0.25) is 5.91 Å². The first-order chi connectivity index (χ1) is 11.0. The molecule has 2 aromatic rings. The van der Waals surface area contributed by atoms with E-state index < -0.39 is 5.25 Å². The molecule has 0 fully saturated rings. The van der Waals surface area contributed by atoms with Gasteiger partial charge in [-0.05, 0) is 43.3 Å². The predicted molar refractivity (Wildman–Crippen MR) is 93.2 cm³/mol. The second kappa shape index (κ2) is 8.04. The summed E-state index contributed by atoms with van der Waals surface area (Å²) in [6.07, 6.45) is 0. The van der Waals surface area contributed by atoms with E-state index in [1.165, 1.54) is 18.7 Å². The molecule has 2 rings (SSSR count). The topological polar surface area (TPSA) is 55.4 Å². The first-order valence-corrected chi connectivity index (χ1v) is 8.22. The minimum Gasteiger partial charge on any atom is -0.426 e. The Kier molecular flexibility index (Phi) is 6.07. The van der Waals surface area contributed by atoms with Crippen LogP contribution in [0.25, 0.3) is 0 Å². The van der Waals surface area contributed by atoms with E-state index in [-0.39, 0.29) is 11.9 Å². The van der Waals surface area contributed by atoms with Gasteiger partial charge in [-0.3, -0.25) is 9.59 Å². The van der Waals surface area contributed by atoms with Gasteiger partial charge in [-0.15, -0.1) is 11.8 Å². The molecule has 6 heteroatoms. The number of rotatable bonds is 5. The van der Waals surface area contributed by atoms with Gasteiger partial charge in [-0.25, -0.2) is 0 Å². The van der Waals surface area contributed by atoms with E-state index in [0.29, 0.717) is 16.5 Å². The molecule has 0 aliphatic rings. The quantitative estimate of drug-likeness (QED) is 0.494. The summed E-state index contributed by atoms with van der Waals surface area (Å²) >= 11 is 7.43. The zero-order chi connectivity index (χ0) is 16.8. The number of anilines is 1. The molecule has 0 bridgehead atoms. The molecule has 0 aliphatic heterocycles. The number of benzene rings is 2. The van der Waals surface area contributed by atoms with E-state index in [9.17, 15) is 9.59 Å². The van der Waals surface area contributed by atoms with Crippen molar-refractivity contribution in [3.63, 3.8) is 0 Å². The molecule has 1 unspecified atom stereocenters. The van der Waals surface area contributed by atoms with Crippen molar-refractivity contribution in [3.8, 4) is 5.75 Å². The summed E-state index contributed by atoms with van der Waals surface area (Å²) in [5, 5.41) is 2.86. The lowest BCUT2D eigenvalue weighted by molar-refractivity contribution is -0.133. The maximum atomic E-state index is 12.1. The molecule has 0 spiro atoms. The van der Waals surface area contributed by atoms with Crippen molar-refractivity contribution < 1.29 is 14.3 Å². The van der Waals surface area contributed by atoms with E-state index in [1.54, 1.807) is 37.3 Å². The Morgan fingerprint density at radius 1 is 1.13 bits per heavy atom. The Balaban J connectivity index is 1.95. The van der Waals surface area contributed by atoms with Crippen LogP contribution in [0.3, 0.4) is 0 Å². The first-order valence-electron chi connectivity index (χ1n) is 6.96. The molecule has 0 heterocycles. The number of amides is 1. The second-order valence-corrected chi connectivity index (χ2v) is 6.61. The van der Waals surface area contributed by atoms with E-state index in [4.69, 9.17) is 16.3 Å². The highest BCUT2D eigenvalue weighted by Crippen LogP contribution is 2.30. The van der Waals surface area contributed by atoms with Crippen molar-refractivity contribution in [2.75, 3.05) is 5.32 Å². The zero-order valence-corrected chi connectivity index (χ0v) is 14.3. The summed E-state index contributed by atoms with van der Waals surface area (Å²) in [5.41, 5.74) is 0.649. The Morgan fingerprint density at radius 3 is 2.39 bits per heavy atom. The highest BCUT2D eigenvalue weighted by Gasteiger charge is 2.18. The molecule has 120 valence electrons. The molecular weight excluding hydrogens is 334 g/mol. The molecule has 0 radical (unpaired) electrons. The number of ether oxygens (including phenoxy) is 1. The van der Waals surface area contributed by atoms with Crippen LogP contribution in [-0.2, 0) is 9.59 Å². The molecule has 1 amide bonds. The fourth-order valence-electron chi connectivity index (χ4n) is 1.79. The standard InChI is InChI=1S/C17H16ClNO3S/c1-11(23-16-6-4-3-5-15(16)18)17(21)22-14-9-7-13(8-10-14)19-12(2)20/h3-11H,1-2H3,(H,19,20). The average Bonchev–Trinajstić information content (AvgIpc) is 2.51. The number of hydrogen-bond donors (Lipinski definition) is 1. The molecule has 23 heavy (non-hydrogen) atoms. The minimum absolute atomic E-state index is 0.153. The number of halogens is 1. The summed E-state index contributed by atoms with van der Waals surface area (Å²) < 4.78 is 5.33. The maximum absolute atomic E-state index is 12.1. The van der Waals surface area contributed by atoms with Crippen LogP contribution in [0.2, 0.25) is 5.02 Å². The van der Waals surface area contributed by atoms with Crippen molar-refractivity contribution in [1.29, 1.82) is 0 Å². The molecular formula is C17H16ClNO3S. The summed E-state index contributed by atoms with van der Waals surface area (Å²) in [7, 11) is 0. The summed E-state index contributed by atoms with van der Waals surface area (Å²) in [6, 6.07) is 14.0. The number of thioether (sulfide) groups is 1. The van der Waals surface area contributed by atoms with Gasteiger partial charge in [0.1, 0.15) is 11.0 Å². The van der Waals surface area contributed by atoms with Gasteiger partial charge < -0.3 is 10.1 Å². The third-order valence-corrected chi connectivity index (χ3v) is 4.46. The lowest BCUT2D eigenvalue weighted by Gasteiger charge is -2.12. The van der Waals surface area contributed by atoms with Crippen LogP contribution in [0.5, 0.6) is 5.75 Å². The zero-order valence-electron chi connectivity index (χ0n) is 12.7. The molecule has 0 aliphatic carbocycles. The predicted octanol–water partition coefficient (Wildman–Crippen LogP) is 4.38. The Labute approximate surface area is 144 Å². The number of esters is 1. The summed E-state index contributed by atoms with van der Waals surface area (Å²) in [5.74, 6) is -0.0857. The highest BCUT2D eigenvalue weighted by atomic mass is 35.5. The van der Waals surface area contributed by atoms with Crippen LogP contribution in [-0.4, -0.2) is 17.1 Å². The maximum Gasteiger partial charge on any atom is 0.324 e. The van der Waals surface area contributed by atoms with Gasteiger partial charge in [-0.2, -0.15) is 0 Å². The van der Waals surface area contributed by atoms with Crippen LogP contribution in [0, 0.1) is 0 Å². The number of nitrogens with one attached hydrogen (secondary N) is 1. The number of carbonyl (C=O) groups excluding carboxylic acids is 2. The van der Waals surface area contributed by atoms with Crippen LogP contribution in [0.4, 0.5) is 5.69 Å². The van der Waals surface area contributed by atoms with E-state index >= 15 is 0 Å². The Bertz CT molecular complexity index is 703. The second-order valence-electron chi connectivity index (χ2n) is 4.82. The van der Waals surface area contributed by atoms with Crippen molar-refractivity contribution >= 4 is 40.9 Å². The summed E-state index contributed by atoms with van der Waals surface area (Å²) in [4.78, 5) is 23.9. The van der Waals surface area contributed by atoms with Gasteiger partial charge >= 0.3 is 5.97 Å². The van der Waals surface area contributed by atoms with Gasteiger partial charge in [0.25, 0.3) is 0 Å². The normalized spacial score (nSPS) is 11.6. The fraction of sp³-hybridized carbons (Fsp3) is 0.176. The first kappa shape index (κ1) is 17.4. The third kappa shape index (κ3) is 5.30. The molecule has 1 atom stereocenters. The smallest absolute Gasteiger partial charge is 0.324 e. The molecule has 0 saturated carbocycles. The Morgan fingerprint density at radius 2 is 1.78 bits per heavy atom. The number of carbonyl (C=O) groups is 2. The monoisotopic (exact) mass is 349 g/mol. The molecule has 0 aromatic heterocycles. The van der Waals surface area contributed by atoms with Crippen LogP contribution < -0.4 is 10.1 Å². The van der Waals surface area contributed by atoms with Gasteiger partial charge in [0.15, 0.2) is 0 Å². The van der Waals surface area contributed by atoms with Gasteiger partial charge in [-0.1, -0.05) is 23.7 Å². The van der Waals surface area contributed by atoms with Crippen LogP contribution in [0.1, 0.15) is 13.8 Å².